The Labute approximate surface area is 173 Å². The van der Waals surface area contributed by atoms with E-state index in [9.17, 15) is 4.79 Å². The summed E-state index contributed by atoms with van der Waals surface area (Å²) < 4.78 is 16.7. The zero-order valence-electron chi connectivity index (χ0n) is 16.0. The third-order valence-electron chi connectivity index (χ3n) is 3.94. The van der Waals surface area contributed by atoms with Gasteiger partial charge in [0.1, 0.15) is 18.1 Å². The molecule has 30 heavy (non-hydrogen) atoms. The van der Waals surface area contributed by atoms with E-state index in [1.54, 1.807) is 48.5 Å². The van der Waals surface area contributed by atoms with Gasteiger partial charge in [0.15, 0.2) is 17.3 Å². The lowest BCUT2D eigenvalue weighted by molar-refractivity contribution is 0.0991. The van der Waals surface area contributed by atoms with Crippen LogP contribution in [0.4, 0.5) is 5.82 Å². The van der Waals surface area contributed by atoms with Crippen LogP contribution in [0.1, 0.15) is 34.7 Å². The molecular formula is C22H18N4O4. The minimum Gasteiger partial charge on any atom is -0.490 e. The first kappa shape index (κ1) is 20.4. The number of rotatable bonds is 9. The molecule has 1 amide bonds. The fourth-order valence-electron chi connectivity index (χ4n) is 2.46. The van der Waals surface area contributed by atoms with Gasteiger partial charge in [0.25, 0.3) is 5.91 Å². The Morgan fingerprint density at radius 3 is 2.70 bits per heavy atom. The van der Waals surface area contributed by atoms with Crippen molar-refractivity contribution in [1.82, 2.24) is 4.98 Å². The van der Waals surface area contributed by atoms with Crippen molar-refractivity contribution in [2.45, 2.75) is 19.4 Å². The van der Waals surface area contributed by atoms with Gasteiger partial charge in [-0.15, -0.1) is 0 Å². The highest BCUT2D eigenvalue weighted by atomic mass is 16.5. The molecule has 8 nitrogen and oxygen atoms in total. The van der Waals surface area contributed by atoms with Crippen molar-refractivity contribution in [2.24, 2.45) is 0 Å². The highest BCUT2D eigenvalue weighted by Gasteiger charge is 2.15. The summed E-state index contributed by atoms with van der Waals surface area (Å²) in [5.41, 5.74) is 0.544. The van der Waals surface area contributed by atoms with Crippen molar-refractivity contribution in [3.05, 3.63) is 71.8 Å². The molecule has 0 spiro atoms. The lowest BCUT2D eigenvalue weighted by atomic mass is 10.2. The Hall–Kier alpha value is -4.30. The first-order chi connectivity index (χ1) is 14.7. The molecule has 0 aliphatic rings. The molecule has 0 aliphatic carbocycles. The third kappa shape index (κ3) is 5.60. The summed E-state index contributed by atoms with van der Waals surface area (Å²) in [4.78, 5) is 16.6. The molecule has 0 unspecified atom stereocenters. The van der Waals surface area contributed by atoms with Crippen LogP contribution in [0.5, 0.6) is 11.5 Å². The number of nitriles is 2. The fraction of sp³-hybridized carbons (Fsp3) is 0.182. The van der Waals surface area contributed by atoms with E-state index >= 15 is 0 Å². The number of carbonyl (C=O) groups is 1. The van der Waals surface area contributed by atoms with Crippen molar-refractivity contribution in [3.63, 3.8) is 0 Å². The van der Waals surface area contributed by atoms with Gasteiger partial charge < -0.3 is 19.2 Å². The molecule has 0 saturated heterocycles. The van der Waals surface area contributed by atoms with Gasteiger partial charge in [-0.2, -0.15) is 10.5 Å². The molecule has 150 valence electrons. The van der Waals surface area contributed by atoms with Crippen LogP contribution in [0.2, 0.25) is 0 Å². The summed E-state index contributed by atoms with van der Waals surface area (Å²) in [5, 5.41) is 20.1. The third-order valence-corrected chi connectivity index (χ3v) is 3.94. The van der Waals surface area contributed by atoms with E-state index in [-0.39, 0.29) is 18.2 Å². The minimum absolute atomic E-state index is 0.106. The van der Waals surface area contributed by atoms with Crippen LogP contribution in [-0.2, 0) is 6.61 Å². The number of anilines is 1. The molecule has 8 heteroatoms. The van der Waals surface area contributed by atoms with Crippen molar-refractivity contribution in [2.75, 3.05) is 11.9 Å². The van der Waals surface area contributed by atoms with E-state index in [1.807, 2.05) is 12.1 Å². The molecule has 0 fully saturated rings. The van der Waals surface area contributed by atoms with Crippen LogP contribution in [0, 0.1) is 22.7 Å². The average Bonchev–Trinajstić information content (AvgIpc) is 3.26. The number of ether oxygens (including phenoxy) is 2. The number of hydrogen-bond acceptors (Lipinski definition) is 7. The summed E-state index contributed by atoms with van der Waals surface area (Å²) in [5.74, 6) is 1.38. The van der Waals surface area contributed by atoms with Crippen LogP contribution in [0.15, 0.2) is 59.1 Å². The Kier molecular flexibility index (Phi) is 7.02. The normalized spacial score (nSPS) is 9.93. The number of carbonyl (C=O) groups excluding carboxylic acids is 1. The highest BCUT2D eigenvalue weighted by Crippen LogP contribution is 2.22. The van der Waals surface area contributed by atoms with Gasteiger partial charge in [-0.05, 0) is 55.0 Å². The van der Waals surface area contributed by atoms with E-state index in [1.165, 1.54) is 6.20 Å². The zero-order valence-corrected chi connectivity index (χ0v) is 16.0. The summed E-state index contributed by atoms with van der Waals surface area (Å²) >= 11 is 0. The topological polar surface area (TPSA) is 121 Å². The molecule has 3 aromatic rings. The minimum atomic E-state index is -0.472. The van der Waals surface area contributed by atoms with Gasteiger partial charge in [-0.25, -0.2) is 4.98 Å². The summed E-state index contributed by atoms with van der Waals surface area (Å²) in [6, 6.07) is 17.4. The van der Waals surface area contributed by atoms with Gasteiger partial charge in [0.2, 0.25) is 0 Å². The molecule has 3 rings (SSSR count). The Morgan fingerprint density at radius 1 is 1.10 bits per heavy atom. The molecule has 0 bridgehead atoms. The van der Waals surface area contributed by atoms with Crippen LogP contribution < -0.4 is 14.8 Å². The maximum absolute atomic E-state index is 12.5. The van der Waals surface area contributed by atoms with Crippen LogP contribution >= 0.6 is 0 Å². The standard InChI is InChI=1S/C22H18N4O4/c23-11-1-2-13-28-19-4-3-12-25-21(19)26-22(27)20-10-9-18(30-20)15-29-17-7-5-16(14-24)6-8-17/h3-10,12H,1-2,13,15H2,(H,25,26,27). The van der Waals surface area contributed by atoms with Gasteiger partial charge in [0, 0.05) is 12.6 Å². The monoisotopic (exact) mass is 402 g/mol. The number of unbranched alkanes of at least 4 members (excludes halogenated alkanes) is 1. The number of aromatic nitrogens is 1. The predicted molar refractivity (Wildman–Crippen MR) is 107 cm³/mol. The molecule has 0 saturated carbocycles. The van der Waals surface area contributed by atoms with Crippen LogP contribution in [0.25, 0.3) is 0 Å². The molecule has 1 aromatic carbocycles. The molecule has 2 aromatic heterocycles. The van der Waals surface area contributed by atoms with E-state index in [0.29, 0.717) is 42.3 Å². The fourth-order valence-corrected chi connectivity index (χ4v) is 2.46. The van der Waals surface area contributed by atoms with Crippen molar-refractivity contribution < 1.29 is 18.7 Å². The molecule has 0 radical (unpaired) electrons. The van der Waals surface area contributed by atoms with Gasteiger partial charge in [-0.3, -0.25) is 4.79 Å². The van der Waals surface area contributed by atoms with Crippen molar-refractivity contribution in [3.8, 4) is 23.6 Å². The average molecular weight is 402 g/mol. The smallest absolute Gasteiger partial charge is 0.292 e. The van der Waals surface area contributed by atoms with Crippen molar-refractivity contribution in [1.29, 1.82) is 10.5 Å². The Balaban J connectivity index is 1.57. The molecule has 0 aliphatic heterocycles. The second-order valence-electron chi connectivity index (χ2n) is 6.11. The van der Waals surface area contributed by atoms with Gasteiger partial charge in [0.05, 0.1) is 24.3 Å². The lowest BCUT2D eigenvalue weighted by Crippen LogP contribution is -2.13. The number of furan rings is 1. The Morgan fingerprint density at radius 2 is 1.93 bits per heavy atom. The second-order valence-corrected chi connectivity index (χ2v) is 6.11. The van der Waals surface area contributed by atoms with E-state index in [4.69, 9.17) is 24.4 Å². The number of benzene rings is 1. The quantitative estimate of drug-likeness (QED) is 0.536. The van der Waals surface area contributed by atoms with E-state index in [2.05, 4.69) is 10.3 Å². The zero-order chi connectivity index (χ0) is 21.2. The maximum atomic E-state index is 12.5. The highest BCUT2D eigenvalue weighted by molar-refractivity contribution is 6.02. The molecule has 0 atom stereocenters. The van der Waals surface area contributed by atoms with Gasteiger partial charge in [-0.1, -0.05) is 0 Å². The summed E-state index contributed by atoms with van der Waals surface area (Å²) in [7, 11) is 0. The van der Waals surface area contributed by atoms with Gasteiger partial charge >= 0.3 is 0 Å². The van der Waals surface area contributed by atoms with Crippen LogP contribution in [0.3, 0.4) is 0 Å². The maximum Gasteiger partial charge on any atom is 0.292 e. The van der Waals surface area contributed by atoms with Crippen LogP contribution in [-0.4, -0.2) is 17.5 Å². The van der Waals surface area contributed by atoms with E-state index in [0.717, 1.165) is 0 Å². The molecule has 1 N–H and O–H groups in total. The second kappa shape index (κ2) is 10.3. The molecular weight excluding hydrogens is 384 g/mol. The number of hydrogen-bond donors (Lipinski definition) is 1. The predicted octanol–water partition coefficient (Wildman–Crippen LogP) is 4.06. The van der Waals surface area contributed by atoms with E-state index < -0.39 is 5.91 Å². The largest absolute Gasteiger partial charge is 0.490 e. The SMILES string of the molecule is N#CCCCOc1cccnc1NC(=O)c1ccc(COc2ccc(C#N)cc2)o1. The number of pyridine rings is 1. The summed E-state index contributed by atoms with van der Waals surface area (Å²) in [6.45, 7) is 0.482. The summed E-state index contributed by atoms with van der Waals surface area (Å²) in [6.07, 6.45) is 2.51. The lowest BCUT2D eigenvalue weighted by Gasteiger charge is -2.10. The van der Waals surface area contributed by atoms with Crippen molar-refractivity contribution >= 4 is 11.7 Å². The number of nitrogens with one attached hydrogen (secondary N) is 1. The molecule has 2 heterocycles. The first-order valence-electron chi connectivity index (χ1n) is 9.17. The number of nitrogens with zero attached hydrogens (tertiary/aromatic N) is 3. The Bertz CT molecular complexity index is 1080. The first-order valence-corrected chi connectivity index (χ1v) is 9.17. The number of amides is 1.